The molecule has 1 atom stereocenters. The molecule has 0 saturated carbocycles. The number of methoxy groups -OCH3 is 2. The Hall–Kier alpha value is -3.32. The van der Waals surface area contributed by atoms with E-state index in [2.05, 4.69) is 5.10 Å². The van der Waals surface area contributed by atoms with Crippen LogP contribution in [0.1, 0.15) is 23.6 Å². The summed E-state index contributed by atoms with van der Waals surface area (Å²) in [7, 11) is -0.725. The molecule has 3 aromatic carbocycles. The zero-order chi connectivity index (χ0) is 21.1. The van der Waals surface area contributed by atoms with Crippen LogP contribution in [0, 0.1) is 0 Å². The van der Waals surface area contributed by atoms with Crippen LogP contribution < -0.4 is 9.47 Å². The summed E-state index contributed by atoms with van der Waals surface area (Å²) in [6.07, 6.45) is 0.429. The Morgan fingerprint density at radius 1 is 0.900 bits per heavy atom. The van der Waals surface area contributed by atoms with Gasteiger partial charge in [-0.05, 0) is 29.8 Å². The number of sulfonamides is 1. The summed E-state index contributed by atoms with van der Waals surface area (Å²) in [5.74, 6) is 1.19. The maximum atomic E-state index is 13.5. The topological polar surface area (TPSA) is 68.2 Å². The van der Waals surface area contributed by atoms with E-state index in [0.717, 1.165) is 11.1 Å². The molecule has 1 aliphatic rings. The van der Waals surface area contributed by atoms with Gasteiger partial charge in [0.25, 0.3) is 10.0 Å². The molecule has 0 bridgehead atoms. The fourth-order valence-electron chi connectivity index (χ4n) is 3.54. The molecule has 0 saturated heterocycles. The molecule has 0 amide bonds. The van der Waals surface area contributed by atoms with Gasteiger partial charge < -0.3 is 9.47 Å². The summed E-state index contributed by atoms with van der Waals surface area (Å²) >= 11 is 0. The van der Waals surface area contributed by atoms with Crippen molar-refractivity contribution in [3.63, 3.8) is 0 Å². The van der Waals surface area contributed by atoms with Crippen LogP contribution in [0.4, 0.5) is 0 Å². The van der Waals surface area contributed by atoms with Crippen molar-refractivity contribution in [3.8, 4) is 11.5 Å². The first-order valence-electron chi connectivity index (χ1n) is 9.49. The van der Waals surface area contributed by atoms with E-state index in [1.54, 1.807) is 56.7 Å². The highest BCUT2D eigenvalue weighted by molar-refractivity contribution is 7.89. The van der Waals surface area contributed by atoms with Crippen LogP contribution in [-0.2, 0) is 10.0 Å². The van der Waals surface area contributed by atoms with Crippen LogP contribution >= 0.6 is 0 Å². The Balaban J connectivity index is 1.83. The molecule has 0 aliphatic carbocycles. The Kier molecular flexibility index (Phi) is 5.46. The third-order valence-electron chi connectivity index (χ3n) is 5.07. The summed E-state index contributed by atoms with van der Waals surface area (Å²) in [6, 6.07) is 22.8. The standard InChI is InChI=1S/C23H22N2O4S/c1-28-18-13-14-20(23(15-18)29-2)22-16-21(17-9-5-3-6-10-17)24-25(22)30(26,27)19-11-7-4-8-12-19/h3-15,22H,16H2,1-2H3/t22-/m1/s1. The molecule has 7 heteroatoms. The number of ether oxygens (including phenoxy) is 2. The van der Waals surface area contributed by atoms with Gasteiger partial charge >= 0.3 is 0 Å². The van der Waals surface area contributed by atoms with Crippen molar-refractivity contribution >= 4 is 15.7 Å². The molecular weight excluding hydrogens is 400 g/mol. The van der Waals surface area contributed by atoms with Gasteiger partial charge in [-0.1, -0.05) is 48.5 Å². The first-order valence-corrected chi connectivity index (χ1v) is 10.9. The zero-order valence-electron chi connectivity index (χ0n) is 16.7. The molecule has 4 rings (SSSR count). The van der Waals surface area contributed by atoms with Crippen LogP contribution in [0.5, 0.6) is 11.5 Å². The quantitative estimate of drug-likeness (QED) is 0.596. The van der Waals surface area contributed by atoms with Crippen LogP contribution in [-0.4, -0.2) is 32.8 Å². The van der Waals surface area contributed by atoms with E-state index >= 15 is 0 Å². The number of hydrogen-bond acceptors (Lipinski definition) is 5. The summed E-state index contributed by atoms with van der Waals surface area (Å²) < 4.78 is 39.0. The van der Waals surface area contributed by atoms with Gasteiger partial charge in [0.05, 0.1) is 30.9 Å². The third kappa shape index (κ3) is 3.64. The number of hydrazone groups is 1. The molecule has 3 aromatic rings. The first kappa shape index (κ1) is 20.0. The summed E-state index contributed by atoms with van der Waals surface area (Å²) in [5.41, 5.74) is 2.33. The Morgan fingerprint density at radius 3 is 2.20 bits per heavy atom. The summed E-state index contributed by atoms with van der Waals surface area (Å²) in [4.78, 5) is 0.195. The second-order valence-electron chi connectivity index (χ2n) is 6.83. The highest BCUT2D eigenvalue weighted by atomic mass is 32.2. The fraction of sp³-hybridized carbons (Fsp3) is 0.174. The number of benzene rings is 3. The molecule has 0 unspecified atom stereocenters. The van der Waals surface area contributed by atoms with Crippen LogP contribution in [0.3, 0.4) is 0 Å². The maximum Gasteiger partial charge on any atom is 0.279 e. The second-order valence-corrected chi connectivity index (χ2v) is 8.63. The fourth-order valence-corrected chi connectivity index (χ4v) is 4.99. The van der Waals surface area contributed by atoms with Crippen molar-refractivity contribution in [2.75, 3.05) is 14.2 Å². The molecule has 0 fully saturated rings. The number of nitrogens with zero attached hydrogens (tertiary/aromatic N) is 2. The van der Waals surface area contributed by atoms with Gasteiger partial charge in [-0.15, -0.1) is 0 Å². The van der Waals surface area contributed by atoms with Gasteiger partial charge in [0.15, 0.2) is 0 Å². The predicted molar refractivity (Wildman–Crippen MR) is 115 cm³/mol. The molecule has 0 spiro atoms. The summed E-state index contributed by atoms with van der Waals surface area (Å²) in [5, 5.41) is 4.56. The lowest BCUT2D eigenvalue weighted by Gasteiger charge is -2.25. The van der Waals surface area contributed by atoms with Crippen molar-refractivity contribution in [1.29, 1.82) is 0 Å². The molecule has 1 aliphatic heterocycles. The van der Waals surface area contributed by atoms with E-state index < -0.39 is 16.1 Å². The van der Waals surface area contributed by atoms with Gasteiger partial charge in [-0.2, -0.15) is 17.9 Å². The van der Waals surface area contributed by atoms with Crippen molar-refractivity contribution in [2.45, 2.75) is 17.4 Å². The van der Waals surface area contributed by atoms with Crippen molar-refractivity contribution < 1.29 is 17.9 Å². The van der Waals surface area contributed by atoms with Gasteiger partial charge in [0.2, 0.25) is 0 Å². The largest absolute Gasteiger partial charge is 0.497 e. The van der Waals surface area contributed by atoms with Crippen LogP contribution in [0.25, 0.3) is 0 Å². The molecule has 6 nitrogen and oxygen atoms in total. The molecule has 154 valence electrons. The lowest BCUT2D eigenvalue weighted by Crippen LogP contribution is -2.27. The first-order chi connectivity index (χ1) is 14.5. The minimum absolute atomic E-state index is 0.195. The van der Waals surface area contributed by atoms with Gasteiger partial charge in [0.1, 0.15) is 11.5 Å². The van der Waals surface area contributed by atoms with E-state index in [4.69, 9.17) is 9.47 Å². The lowest BCUT2D eigenvalue weighted by atomic mass is 9.98. The minimum atomic E-state index is -3.86. The van der Waals surface area contributed by atoms with E-state index in [9.17, 15) is 8.42 Å². The normalized spacial score (nSPS) is 16.3. The van der Waals surface area contributed by atoms with Crippen molar-refractivity contribution in [3.05, 3.63) is 90.0 Å². The van der Waals surface area contributed by atoms with E-state index in [-0.39, 0.29) is 4.90 Å². The average Bonchev–Trinajstić information content (AvgIpc) is 3.26. The van der Waals surface area contributed by atoms with Gasteiger partial charge in [-0.3, -0.25) is 0 Å². The Morgan fingerprint density at radius 2 is 1.57 bits per heavy atom. The maximum absolute atomic E-state index is 13.5. The van der Waals surface area contributed by atoms with Crippen molar-refractivity contribution in [2.24, 2.45) is 5.10 Å². The smallest absolute Gasteiger partial charge is 0.279 e. The monoisotopic (exact) mass is 422 g/mol. The Labute approximate surface area is 176 Å². The van der Waals surface area contributed by atoms with E-state index in [0.29, 0.717) is 23.6 Å². The molecule has 1 heterocycles. The molecular formula is C23H22N2O4S. The van der Waals surface area contributed by atoms with Crippen LogP contribution in [0.15, 0.2) is 88.9 Å². The Bertz CT molecular complexity index is 1160. The summed E-state index contributed by atoms with van der Waals surface area (Å²) in [6.45, 7) is 0. The lowest BCUT2D eigenvalue weighted by molar-refractivity contribution is 0.347. The average molecular weight is 423 g/mol. The predicted octanol–water partition coefficient (Wildman–Crippen LogP) is 4.24. The second kappa shape index (κ2) is 8.20. The molecule has 30 heavy (non-hydrogen) atoms. The molecule has 0 N–H and O–H groups in total. The highest BCUT2D eigenvalue weighted by Gasteiger charge is 2.39. The van der Waals surface area contributed by atoms with E-state index in [1.165, 1.54) is 4.41 Å². The highest BCUT2D eigenvalue weighted by Crippen LogP contribution is 2.41. The van der Waals surface area contributed by atoms with Gasteiger partial charge in [0, 0.05) is 18.1 Å². The van der Waals surface area contributed by atoms with Crippen LogP contribution in [0.2, 0.25) is 0 Å². The van der Waals surface area contributed by atoms with Gasteiger partial charge in [-0.25, -0.2) is 0 Å². The molecule has 0 aromatic heterocycles. The van der Waals surface area contributed by atoms with Crippen molar-refractivity contribution in [1.82, 2.24) is 4.41 Å². The molecule has 0 radical (unpaired) electrons. The zero-order valence-corrected chi connectivity index (χ0v) is 17.5. The minimum Gasteiger partial charge on any atom is -0.497 e. The SMILES string of the molecule is COc1ccc([C@H]2CC(c3ccccc3)=NN2S(=O)(=O)c2ccccc2)c(OC)c1. The van der Waals surface area contributed by atoms with E-state index in [1.807, 2.05) is 36.4 Å². The number of rotatable bonds is 6. The third-order valence-corrected chi connectivity index (χ3v) is 6.76. The number of hydrogen-bond donors (Lipinski definition) is 0.